The second-order valence-electron chi connectivity index (χ2n) is 4.63. The smallest absolute Gasteiger partial charge is 0.254 e. The molecule has 1 saturated carbocycles. The van der Waals surface area contributed by atoms with Gasteiger partial charge in [0.25, 0.3) is 5.91 Å². The fraction of sp³-hybridized carbons (Fsp3) is 0.615. The van der Waals surface area contributed by atoms with Crippen molar-refractivity contribution >= 4 is 5.91 Å². The Morgan fingerprint density at radius 1 is 1.56 bits per heavy atom. The molecule has 100 valence electrons. The summed E-state index contributed by atoms with van der Waals surface area (Å²) in [6.07, 6.45) is 4.88. The van der Waals surface area contributed by atoms with E-state index < -0.39 is 0 Å². The SMILES string of the molecule is NCc1cc(C(=O)NCCCOCC2CC2)co1. The van der Waals surface area contributed by atoms with Crippen molar-refractivity contribution in [2.24, 2.45) is 11.7 Å². The number of ether oxygens (including phenoxy) is 1. The lowest BCUT2D eigenvalue weighted by Crippen LogP contribution is -2.24. The van der Waals surface area contributed by atoms with E-state index in [4.69, 9.17) is 14.9 Å². The minimum Gasteiger partial charge on any atom is -0.467 e. The molecule has 0 spiro atoms. The van der Waals surface area contributed by atoms with Gasteiger partial charge in [-0.1, -0.05) is 0 Å². The van der Waals surface area contributed by atoms with Crippen molar-refractivity contribution in [3.63, 3.8) is 0 Å². The highest BCUT2D eigenvalue weighted by atomic mass is 16.5. The van der Waals surface area contributed by atoms with E-state index >= 15 is 0 Å². The van der Waals surface area contributed by atoms with Crippen LogP contribution >= 0.6 is 0 Å². The zero-order valence-electron chi connectivity index (χ0n) is 10.5. The summed E-state index contributed by atoms with van der Waals surface area (Å²) in [5.41, 5.74) is 5.93. The molecule has 1 aromatic rings. The summed E-state index contributed by atoms with van der Waals surface area (Å²) in [5, 5.41) is 2.82. The lowest BCUT2D eigenvalue weighted by atomic mass is 10.3. The molecule has 3 N–H and O–H groups in total. The number of nitrogens with two attached hydrogens (primary N) is 1. The summed E-state index contributed by atoms with van der Waals surface area (Å²) in [7, 11) is 0. The average molecular weight is 252 g/mol. The van der Waals surface area contributed by atoms with Crippen LogP contribution < -0.4 is 11.1 Å². The summed E-state index contributed by atoms with van der Waals surface area (Å²) in [5.74, 6) is 1.29. The van der Waals surface area contributed by atoms with Crippen LogP contribution in [0.25, 0.3) is 0 Å². The third-order valence-electron chi connectivity index (χ3n) is 2.92. The fourth-order valence-electron chi connectivity index (χ4n) is 1.62. The van der Waals surface area contributed by atoms with Gasteiger partial charge in [-0.3, -0.25) is 4.79 Å². The molecule has 0 atom stereocenters. The molecule has 1 aliphatic rings. The molecule has 0 radical (unpaired) electrons. The Morgan fingerprint density at radius 2 is 2.39 bits per heavy atom. The van der Waals surface area contributed by atoms with Gasteiger partial charge in [0.15, 0.2) is 0 Å². The first-order valence-corrected chi connectivity index (χ1v) is 6.43. The third kappa shape index (κ3) is 4.16. The van der Waals surface area contributed by atoms with Gasteiger partial charge in [-0.25, -0.2) is 0 Å². The van der Waals surface area contributed by atoms with Gasteiger partial charge in [-0.05, 0) is 31.2 Å². The van der Waals surface area contributed by atoms with Crippen LogP contribution in [0.3, 0.4) is 0 Å². The van der Waals surface area contributed by atoms with E-state index in [1.54, 1.807) is 6.07 Å². The molecule has 0 aromatic carbocycles. The predicted molar refractivity (Wildman–Crippen MR) is 67.1 cm³/mol. The van der Waals surface area contributed by atoms with Crippen LogP contribution in [-0.2, 0) is 11.3 Å². The van der Waals surface area contributed by atoms with Crippen LogP contribution in [0.2, 0.25) is 0 Å². The number of carbonyl (C=O) groups excluding carboxylic acids is 1. The first-order chi connectivity index (χ1) is 8.79. The minimum absolute atomic E-state index is 0.124. The Hall–Kier alpha value is -1.33. The van der Waals surface area contributed by atoms with Gasteiger partial charge in [0, 0.05) is 19.8 Å². The highest BCUT2D eigenvalue weighted by molar-refractivity contribution is 5.93. The van der Waals surface area contributed by atoms with Crippen LogP contribution in [0.5, 0.6) is 0 Å². The Bertz CT molecular complexity index is 385. The number of rotatable bonds is 8. The van der Waals surface area contributed by atoms with E-state index in [1.165, 1.54) is 19.1 Å². The molecule has 0 bridgehead atoms. The topological polar surface area (TPSA) is 77.5 Å². The van der Waals surface area contributed by atoms with E-state index in [-0.39, 0.29) is 5.91 Å². The molecule has 18 heavy (non-hydrogen) atoms. The van der Waals surface area contributed by atoms with Crippen molar-refractivity contribution < 1.29 is 13.9 Å². The Labute approximate surface area is 107 Å². The second-order valence-corrected chi connectivity index (χ2v) is 4.63. The molecule has 1 amide bonds. The van der Waals surface area contributed by atoms with E-state index in [2.05, 4.69) is 5.32 Å². The minimum atomic E-state index is -0.124. The number of hydrogen-bond donors (Lipinski definition) is 2. The lowest BCUT2D eigenvalue weighted by Gasteiger charge is -2.04. The van der Waals surface area contributed by atoms with Crippen molar-refractivity contribution in [1.82, 2.24) is 5.32 Å². The third-order valence-corrected chi connectivity index (χ3v) is 2.92. The van der Waals surface area contributed by atoms with Crippen LogP contribution in [0.1, 0.15) is 35.4 Å². The maximum atomic E-state index is 11.7. The molecule has 1 aliphatic carbocycles. The summed E-state index contributed by atoms with van der Waals surface area (Å²) < 4.78 is 10.6. The van der Waals surface area contributed by atoms with Gasteiger partial charge in [0.05, 0.1) is 12.1 Å². The summed E-state index contributed by atoms with van der Waals surface area (Å²) in [6, 6.07) is 1.67. The molecule has 0 saturated heterocycles. The Kier molecular flexibility index (Phi) is 4.78. The quantitative estimate of drug-likeness (QED) is 0.683. The summed E-state index contributed by atoms with van der Waals surface area (Å²) in [4.78, 5) is 11.7. The second kappa shape index (κ2) is 6.56. The fourth-order valence-corrected chi connectivity index (χ4v) is 1.62. The lowest BCUT2D eigenvalue weighted by molar-refractivity contribution is 0.0937. The molecule has 1 aromatic heterocycles. The highest BCUT2D eigenvalue weighted by Gasteiger charge is 2.20. The summed E-state index contributed by atoms with van der Waals surface area (Å²) in [6.45, 7) is 2.50. The van der Waals surface area contributed by atoms with E-state index in [0.29, 0.717) is 31.0 Å². The Balaban J connectivity index is 1.56. The van der Waals surface area contributed by atoms with Gasteiger partial charge in [-0.15, -0.1) is 0 Å². The summed E-state index contributed by atoms with van der Waals surface area (Å²) >= 11 is 0. The Morgan fingerprint density at radius 3 is 3.06 bits per heavy atom. The molecule has 0 unspecified atom stereocenters. The molecule has 1 fully saturated rings. The van der Waals surface area contributed by atoms with Crippen LogP contribution in [0, 0.1) is 5.92 Å². The monoisotopic (exact) mass is 252 g/mol. The largest absolute Gasteiger partial charge is 0.467 e. The molecular formula is C13H20N2O3. The zero-order chi connectivity index (χ0) is 12.8. The van der Waals surface area contributed by atoms with Crippen LogP contribution in [0.4, 0.5) is 0 Å². The van der Waals surface area contributed by atoms with Crippen LogP contribution in [0.15, 0.2) is 16.7 Å². The maximum absolute atomic E-state index is 11.7. The van der Waals surface area contributed by atoms with Gasteiger partial charge in [0.2, 0.25) is 0 Å². The van der Waals surface area contributed by atoms with Crippen molar-refractivity contribution in [3.8, 4) is 0 Å². The van der Waals surface area contributed by atoms with Crippen molar-refractivity contribution in [1.29, 1.82) is 0 Å². The van der Waals surface area contributed by atoms with Gasteiger partial charge in [-0.2, -0.15) is 0 Å². The van der Waals surface area contributed by atoms with Crippen LogP contribution in [-0.4, -0.2) is 25.7 Å². The average Bonchev–Trinajstić information content (AvgIpc) is 3.07. The first kappa shape index (κ1) is 13.1. The predicted octanol–water partition coefficient (Wildman–Crippen LogP) is 1.28. The van der Waals surface area contributed by atoms with Gasteiger partial charge >= 0.3 is 0 Å². The van der Waals surface area contributed by atoms with Gasteiger partial charge in [0.1, 0.15) is 12.0 Å². The molecular weight excluding hydrogens is 232 g/mol. The van der Waals surface area contributed by atoms with Crippen molar-refractivity contribution in [2.45, 2.75) is 25.8 Å². The first-order valence-electron chi connectivity index (χ1n) is 6.43. The normalized spacial score (nSPS) is 14.7. The highest BCUT2D eigenvalue weighted by Crippen LogP contribution is 2.28. The van der Waals surface area contributed by atoms with E-state index in [0.717, 1.165) is 18.9 Å². The number of carbonyl (C=O) groups is 1. The number of nitrogens with one attached hydrogen (secondary N) is 1. The molecule has 2 rings (SSSR count). The van der Waals surface area contributed by atoms with E-state index in [9.17, 15) is 4.79 Å². The molecule has 1 heterocycles. The standard InChI is InChI=1S/C13H20N2O3/c14-7-12-6-11(9-18-12)13(16)15-4-1-5-17-8-10-2-3-10/h6,9-10H,1-5,7-8,14H2,(H,15,16). The van der Waals surface area contributed by atoms with E-state index in [1.807, 2.05) is 0 Å². The molecule has 5 nitrogen and oxygen atoms in total. The zero-order valence-corrected chi connectivity index (χ0v) is 10.5. The molecule has 0 aliphatic heterocycles. The maximum Gasteiger partial charge on any atom is 0.254 e. The number of amides is 1. The molecule has 5 heteroatoms. The van der Waals surface area contributed by atoms with Crippen molar-refractivity contribution in [2.75, 3.05) is 19.8 Å². The van der Waals surface area contributed by atoms with Gasteiger partial charge < -0.3 is 20.2 Å². The number of furan rings is 1. The number of hydrogen-bond acceptors (Lipinski definition) is 4. The van der Waals surface area contributed by atoms with Crippen molar-refractivity contribution in [3.05, 3.63) is 23.7 Å².